The van der Waals surface area contributed by atoms with Crippen molar-refractivity contribution < 1.29 is 8.85 Å². The van der Waals surface area contributed by atoms with Crippen LogP contribution in [0.1, 0.15) is 48.0 Å². The molecule has 0 N–H and O–H groups in total. The topological polar surface area (TPSA) is 18.5 Å². The lowest BCUT2D eigenvalue weighted by Crippen LogP contribution is -2.50. The summed E-state index contributed by atoms with van der Waals surface area (Å²) in [5, 5.41) is 0.162. The Hall–Kier alpha value is 0.137. The second-order valence-corrected chi connectivity index (χ2v) is 8.70. The summed E-state index contributed by atoms with van der Waals surface area (Å²) in [6.07, 6.45) is 1.14. The van der Waals surface area contributed by atoms with E-state index in [9.17, 15) is 0 Å². The summed E-state index contributed by atoms with van der Waals surface area (Å²) in [7, 11) is -2.00. The zero-order valence-corrected chi connectivity index (χ0v) is 11.6. The van der Waals surface area contributed by atoms with E-state index in [4.69, 9.17) is 8.85 Å². The molecule has 0 spiro atoms. The molecule has 0 heterocycles. The first kappa shape index (κ1) is 14.1. The van der Waals surface area contributed by atoms with Gasteiger partial charge in [-0.3, -0.25) is 0 Å². The van der Waals surface area contributed by atoms with Crippen LogP contribution < -0.4 is 0 Å². The summed E-state index contributed by atoms with van der Waals surface area (Å²) in [5.41, 5.74) is 0. The van der Waals surface area contributed by atoms with Gasteiger partial charge in [-0.15, -0.1) is 0 Å². The minimum Gasteiger partial charge on any atom is -0.394 e. The molecule has 0 saturated carbocycles. The van der Waals surface area contributed by atoms with Crippen LogP contribution in [0, 0.1) is 0 Å². The monoisotopic (exact) mass is 218 g/mol. The van der Waals surface area contributed by atoms with E-state index in [-0.39, 0.29) is 5.04 Å². The second-order valence-electron chi connectivity index (χ2n) is 4.62. The molecule has 0 unspecified atom stereocenters. The predicted molar refractivity (Wildman–Crippen MR) is 63.8 cm³/mol. The smallest absolute Gasteiger partial charge is 0.343 e. The zero-order valence-electron chi connectivity index (χ0n) is 10.6. The molecule has 0 fully saturated rings. The molecule has 0 radical (unpaired) electrons. The molecule has 86 valence electrons. The van der Waals surface area contributed by atoms with Gasteiger partial charge in [0.15, 0.2) is 0 Å². The number of rotatable bonds is 6. The highest BCUT2D eigenvalue weighted by molar-refractivity contribution is 6.70. The summed E-state index contributed by atoms with van der Waals surface area (Å²) < 4.78 is 12.0. The van der Waals surface area contributed by atoms with Gasteiger partial charge in [0.25, 0.3) is 0 Å². The Labute approximate surface area is 90.2 Å². The zero-order chi connectivity index (χ0) is 11.2. The molecule has 0 bridgehead atoms. The van der Waals surface area contributed by atoms with E-state index in [0.29, 0.717) is 0 Å². The van der Waals surface area contributed by atoms with Crippen LogP contribution in [-0.2, 0) is 8.85 Å². The van der Waals surface area contributed by atoms with Gasteiger partial charge < -0.3 is 8.85 Å². The molecule has 3 heteroatoms. The first-order valence-electron chi connectivity index (χ1n) is 5.71. The molecule has 0 amide bonds. The van der Waals surface area contributed by atoms with E-state index in [0.717, 1.165) is 25.7 Å². The maximum absolute atomic E-state index is 5.99. The highest BCUT2D eigenvalue weighted by Gasteiger charge is 2.47. The van der Waals surface area contributed by atoms with E-state index in [1.165, 1.54) is 0 Å². The maximum Gasteiger partial charge on any atom is 0.343 e. The molecule has 14 heavy (non-hydrogen) atoms. The first-order valence-corrected chi connectivity index (χ1v) is 7.73. The largest absolute Gasteiger partial charge is 0.394 e. The Bertz CT molecular complexity index is 135. The van der Waals surface area contributed by atoms with Crippen molar-refractivity contribution in [3.8, 4) is 0 Å². The second kappa shape index (κ2) is 5.88. The molecule has 0 saturated heterocycles. The van der Waals surface area contributed by atoms with Crippen LogP contribution in [0.4, 0.5) is 0 Å². The van der Waals surface area contributed by atoms with E-state index >= 15 is 0 Å². The van der Waals surface area contributed by atoms with Crippen molar-refractivity contribution in [3.05, 3.63) is 0 Å². The third kappa shape index (κ3) is 3.37. The average Bonchev–Trinajstić information content (AvgIpc) is 2.03. The van der Waals surface area contributed by atoms with Crippen LogP contribution in [0.15, 0.2) is 0 Å². The van der Waals surface area contributed by atoms with Crippen LogP contribution >= 0.6 is 0 Å². The van der Waals surface area contributed by atoms with Crippen molar-refractivity contribution in [1.29, 1.82) is 0 Å². The molecule has 0 aliphatic rings. The predicted octanol–water partition coefficient (Wildman–Crippen LogP) is 3.71. The quantitative estimate of drug-likeness (QED) is 0.633. The van der Waals surface area contributed by atoms with Crippen molar-refractivity contribution in [2.45, 2.75) is 59.0 Å². The molecule has 0 rings (SSSR count). The molecular weight excluding hydrogens is 192 g/mol. The van der Waals surface area contributed by atoms with Crippen molar-refractivity contribution in [2.75, 3.05) is 13.2 Å². The van der Waals surface area contributed by atoms with Crippen LogP contribution in [-0.4, -0.2) is 21.8 Å². The SMILES string of the molecule is CCC[Si](OCC)(OCC)C(C)(C)C. The standard InChI is InChI=1S/C11H26O2Si/c1-7-10-14(12-8-2,13-9-3)11(4,5)6/h7-10H2,1-6H3. The normalized spacial score (nSPS) is 13.3. The molecule has 0 aliphatic heterocycles. The average molecular weight is 218 g/mol. The molecule has 0 aromatic heterocycles. The van der Waals surface area contributed by atoms with Crippen LogP contribution in [0.3, 0.4) is 0 Å². The van der Waals surface area contributed by atoms with E-state index < -0.39 is 8.56 Å². The molecule has 0 aromatic carbocycles. The van der Waals surface area contributed by atoms with Gasteiger partial charge in [0.05, 0.1) is 0 Å². The molecular formula is C11H26O2Si. The third-order valence-corrected chi connectivity index (χ3v) is 7.43. The molecule has 0 atom stereocenters. The van der Waals surface area contributed by atoms with Gasteiger partial charge in [0, 0.05) is 18.3 Å². The van der Waals surface area contributed by atoms with Gasteiger partial charge in [-0.2, -0.15) is 0 Å². The van der Waals surface area contributed by atoms with Gasteiger partial charge in [-0.1, -0.05) is 34.1 Å². The summed E-state index contributed by atoms with van der Waals surface area (Å²) in [4.78, 5) is 0. The third-order valence-electron chi connectivity index (χ3n) is 2.48. The summed E-state index contributed by atoms with van der Waals surface area (Å²) in [6.45, 7) is 14.6. The fourth-order valence-corrected chi connectivity index (χ4v) is 5.37. The van der Waals surface area contributed by atoms with E-state index in [1.54, 1.807) is 0 Å². The van der Waals surface area contributed by atoms with Crippen molar-refractivity contribution in [1.82, 2.24) is 0 Å². The maximum atomic E-state index is 5.99. The lowest BCUT2D eigenvalue weighted by Gasteiger charge is -2.40. The Morgan fingerprint density at radius 3 is 1.57 bits per heavy atom. The van der Waals surface area contributed by atoms with Gasteiger partial charge in [-0.25, -0.2) is 0 Å². The van der Waals surface area contributed by atoms with Crippen molar-refractivity contribution in [2.24, 2.45) is 0 Å². The van der Waals surface area contributed by atoms with Crippen molar-refractivity contribution in [3.63, 3.8) is 0 Å². The molecule has 0 aromatic rings. The minimum atomic E-state index is -2.00. The number of hydrogen-bond acceptors (Lipinski definition) is 2. The summed E-state index contributed by atoms with van der Waals surface area (Å²) in [5.74, 6) is 0. The van der Waals surface area contributed by atoms with Crippen LogP contribution in [0.5, 0.6) is 0 Å². The van der Waals surface area contributed by atoms with Gasteiger partial charge in [0.1, 0.15) is 0 Å². The summed E-state index contributed by atoms with van der Waals surface area (Å²) in [6, 6.07) is 1.10. The van der Waals surface area contributed by atoms with Gasteiger partial charge in [-0.05, 0) is 19.9 Å². The van der Waals surface area contributed by atoms with Crippen LogP contribution in [0.2, 0.25) is 11.1 Å². The minimum absolute atomic E-state index is 0.162. The Morgan fingerprint density at radius 2 is 1.36 bits per heavy atom. The van der Waals surface area contributed by atoms with E-state index in [2.05, 4.69) is 41.5 Å². The van der Waals surface area contributed by atoms with Gasteiger partial charge >= 0.3 is 8.56 Å². The highest BCUT2D eigenvalue weighted by atomic mass is 28.4. The van der Waals surface area contributed by atoms with E-state index in [1.807, 2.05) is 0 Å². The van der Waals surface area contributed by atoms with Crippen molar-refractivity contribution >= 4 is 8.56 Å². The number of hydrogen-bond donors (Lipinski definition) is 0. The molecule has 0 aliphatic carbocycles. The fraction of sp³-hybridized carbons (Fsp3) is 1.00. The highest BCUT2D eigenvalue weighted by Crippen LogP contribution is 2.41. The van der Waals surface area contributed by atoms with Crippen LogP contribution in [0.25, 0.3) is 0 Å². The Kier molecular flexibility index (Phi) is 5.94. The van der Waals surface area contributed by atoms with Gasteiger partial charge in [0.2, 0.25) is 0 Å². The molecule has 2 nitrogen and oxygen atoms in total. The Morgan fingerprint density at radius 1 is 0.929 bits per heavy atom. The summed E-state index contributed by atoms with van der Waals surface area (Å²) >= 11 is 0. The lowest BCUT2D eigenvalue weighted by atomic mass is 10.2. The fourth-order valence-electron chi connectivity index (χ4n) is 1.79. The Balaban J connectivity index is 4.73. The lowest BCUT2D eigenvalue weighted by molar-refractivity contribution is 0.160. The first-order chi connectivity index (χ1) is 6.43.